The number of nitrogens with one attached hydrogen (secondary N) is 1. The van der Waals surface area contributed by atoms with Gasteiger partial charge in [0.2, 0.25) is 0 Å². The van der Waals surface area contributed by atoms with Crippen molar-refractivity contribution in [1.29, 1.82) is 0 Å². The molecule has 2 aromatic rings. The third-order valence-corrected chi connectivity index (χ3v) is 2.53. The molecule has 4 nitrogen and oxygen atoms in total. The highest BCUT2D eigenvalue weighted by atomic mass is 32.1. The Hall–Kier alpha value is -1.23. The second-order valence-electron chi connectivity index (χ2n) is 2.54. The average Bonchev–Trinajstić information content (AvgIpc) is 2.63. The van der Waals surface area contributed by atoms with Gasteiger partial charge in [-0.15, -0.1) is 16.4 Å². The number of nitrogens with zero attached hydrogens (tertiary/aromatic N) is 3. The molecule has 2 heterocycles. The summed E-state index contributed by atoms with van der Waals surface area (Å²) in [7, 11) is 0. The first-order chi connectivity index (χ1) is 5.84. The molecule has 5 heteroatoms. The molecule has 0 aliphatic carbocycles. The highest BCUT2D eigenvalue weighted by Gasteiger charge is 2.01. The minimum absolute atomic E-state index is 0.797. The van der Waals surface area contributed by atoms with Crippen molar-refractivity contribution < 1.29 is 0 Å². The van der Waals surface area contributed by atoms with Gasteiger partial charge in [0, 0.05) is 16.2 Å². The van der Waals surface area contributed by atoms with Gasteiger partial charge < -0.3 is 0 Å². The zero-order chi connectivity index (χ0) is 8.39. The minimum atomic E-state index is 0.797. The van der Waals surface area contributed by atoms with Crippen molar-refractivity contribution in [3.8, 4) is 0 Å². The molecule has 0 aliphatic heterocycles. The lowest BCUT2D eigenvalue weighted by atomic mass is 10.3. The molecular weight excluding hydrogens is 172 g/mol. The molecule has 12 heavy (non-hydrogen) atoms. The summed E-state index contributed by atoms with van der Waals surface area (Å²) >= 11 is 1.77. The zero-order valence-electron chi connectivity index (χ0n) is 6.61. The van der Waals surface area contributed by atoms with Crippen LogP contribution in [0.25, 0.3) is 0 Å². The standard InChI is InChI=1S/C7H8N4S/c1-5-2-3-6(12-5)4-7-8-10-11-9-7/h2-3H,4H2,1H3,(H,8,9,10,11). The van der Waals surface area contributed by atoms with E-state index in [9.17, 15) is 0 Å². The molecule has 0 aromatic carbocycles. The summed E-state index contributed by atoms with van der Waals surface area (Å²) in [6.07, 6.45) is 0.797. The summed E-state index contributed by atoms with van der Waals surface area (Å²) < 4.78 is 0. The van der Waals surface area contributed by atoms with E-state index in [1.54, 1.807) is 11.3 Å². The maximum absolute atomic E-state index is 3.81. The molecule has 0 atom stereocenters. The van der Waals surface area contributed by atoms with Crippen LogP contribution >= 0.6 is 11.3 Å². The van der Waals surface area contributed by atoms with E-state index in [1.165, 1.54) is 9.75 Å². The quantitative estimate of drug-likeness (QED) is 0.754. The van der Waals surface area contributed by atoms with Gasteiger partial charge in [-0.05, 0) is 29.5 Å². The second-order valence-corrected chi connectivity index (χ2v) is 3.91. The van der Waals surface area contributed by atoms with Crippen LogP contribution < -0.4 is 0 Å². The van der Waals surface area contributed by atoms with Crippen molar-refractivity contribution in [2.24, 2.45) is 0 Å². The van der Waals surface area contributed by atoms with E-state index in [0.29, 0.717) is 0 Å². The van der Waals surface area contributed by atoms with Crippen LogP contribution in [0.2, 0.25) is 0 Å². The van der Waals surface area contributed by atoms with Gasteiger partial charge in [0.05, 0.1) is 0 Å². The summed E-state index contributed by atoms with van der Waals surface area (Å²) in [5, 5.41) is 13.6. The first kappa shape index (κ1) is 7.42. The maximum Gasteiger partial charge on any atom is 0.153 e. The predicted molar refractivity (Wildman–Crippen MR) is 46.0 cm³/mol. The molecular formula is C7H8N4S. The van der Waals surface area contributed by atoms with Gasteiger partial charge in [0.1, 0.15) is 0 Å². The van der Waals surface area contributed by atoms with Crippen LogP contribution in [0.4, 0.5) is 0 Å². The number of thiophene rings is 1. The molecule has 0 bridgehead atoms. The molecule has 0 fully saturated rings. The van der Waals surface area contributed by atoms with E-state index in [1.807, 2.05) is 0 Å². The third-order valence-electron chi connectivity index (χ3n) is 1.53. The van der Waals surface area contributed by atoms with E-state index in [4.69, 9.17) is 0 Å². The van der Waals surface area contributed by atoms with E-state index in [-0.39, 0.29) is 0 Å². The fourth-order valence-corrected chi connectivity index (χ4v) is 1.89. The van der Waals surface area contributed by atoms with Crippen LogP contribution in [-0.4, -0.2) is 20.6 Å². The molecule has 2 rings (SSSR count). The van der Waals surface area contributed by atoms with Crippen molar-refractivity contribution in [2.45, 2.75) is 13.3 Å². The molecule has 0 spiro atoms. The summed E-state index contributed by atoms with van der Waals surface area (Å²) in [5.41, 5.74) is 0. The van der Waals surface area contributed by atoms with E-state index in [2.05, 4.69) is 39.7 Å². The summed E-state index contributed by atoms with van der Waals surface area (Å²) in [5.74, 6) is 0.817. The largest absolute Gasteiger partial charge is 0.243 e. The Morgan fingerprint density at radius 3 is 3.00 bits per heavy atom. The number of tetrazole rings is 1. The van der Waals surface area contributed by atoms with E-state index < -0.39 is 0 Å². The fourth-order valence-electron chi connectivity index (χ4n) is 0.999. The Morgan fingerprint density at radius 1 is 1.50 bits per heavy atom. The first-order valence-electron chi connectivity index (χ1n) is 3.62. The average molecular weight is 180 g/mol. The minimum Gasteiger partial charge on any atom is -0.243 e. The smallest absolute Gasteiger partial charge is 0.153 e. The van der Waals surface area contributed by atoms with Crippen molar-refractivity contribution >= 4 is 11.3 Å². The first-order valence-corrected chi connectivity index (χ1v) is 4.44. The normalized spacial score (nSPS) is 10.4. The Balaban J connectivity index is 2.14. The number of aromatic nitrogens is 4. The Labute approximate surface area is 73.6 Å². The number of hydrogen-bond acceptors (Lipinski definition) is 4. The van der Waals surface area contributed by atoms with Crippen molar-refractivity contribution in [2.75, 3.05) is 0 Å². The fraction of sp³-hybridized carbons (Fsp3) is 0.286. The van der Waals surface area contributed by atoms with Crippen molar-refractivity contribution in [1.82, 2.24) is 20.6 Å². The molecule has 0 saturated heterocycles. The SMILES string of the molecule is Cc1ccc(Cc2nnn[nH]2)s1. The second kappa shape index (κ2) is 3.02. The molecule has 1 N–H and O–H groups in total. The van der Waals surface area contributed by atoms with Crippen LogP contribution in [0, 0.1) is 6.92 Å². The Kier molecular flexibility index (Phi) is 1.87. The van der Waals surface area contributed by atoms with Crippen molar-refractivity contribution in [3.05, 3.63) is 27.7 Å². The molecule has 0 aliphatic rings. The van der Waals surface area contributed by atoms with E-state index in [0.717, 1.165) is 12.2 Å². The lowest BCUT2D eigenvalue weighted by Crippen LogP contribution is -1.86. The molecule has 0 saturated carbocycles. The van der Waals surface area contributed by atoms with Crippen LogP contribution in [0.15, 0.2) is 12.1 Å². The van der Waals surface area contributed by atoms with E-state index >= 15 is 0 Å². The number of aryl methyl sites for hydroxylation is 1. The topological polar surface area (TPSA) is 54.5 Å². The van der Waals surface area contributed by atoms with Crippen molar-refractivity contribution in [3.63, 3.8) is 0 Å². The van der Waals surface area contributed by atoms with Gasteiger partial charge in [-0.3, -0.25) is 0 Å². The molecule has 2 aromatic heterocycles. The monoisotopic (exact) mass is 180 g/mol. The summed E-state index contributed by atoms with van der Waals surface area (Å²) in [6, 6.07) is 4.20. The lowest BCUT2D eigenvalue weighted by Gasteiger charge is -1.88. The molecule has 0 unspecified atom stereocenters. The highest BCUT2D eigenvalue weighted by molar-refractivity contribution is 7.11. The predicted octanol–water partition coefficient (Wildman–Crippen LogP) is 1.16. The number of hydrogen-bond donors (Lipinski definition) is 1. The molecule has 0 radical (unpaired) electrons. The maximum atomic E-state index is 3.81. The van der Waals surface area contributed by atoms with Crippen LogP contribution in [0.3, 0.4) is 0 Å². The zero-order valence-corrected chi connectivity index (χ0v) is 7.43. The van der Waals surface area contributed by atoms with Gasteiger partial charge >= 0.3 is 0 Å². The Bertz CT molecular complexity index is 351. The van der Waals surface area contributed by atoms with Crippen LogP contribution in [-0.2, 0) is 6.42 Å². The molecule has 62 valence electrons. The number of rotatable bonds is 2. The van der Waals surface area contributed by atoms with Gasteiger partial charge in [0.25, 0.3) is 0 Å². The van der Waals surface area contributed by atoms with Gasteiger partial charge in [-0.2, -0.15) is 0 Å². The Morgan fingerprint density at radius 2 is 2.42 bits per heavy atom. The van der Waals surface area contributed by atoms with Gasteiger partial charge in [-0.25, -0.2) is 5.10 Å². The molecule has 0 amide bonds. The lowest BCUT2D eigenvalue weighted by molar-refractivity contribution is 0.881. The number of H-pyrrole nitrogens is 1. The van der Waals surface area contributed by atoms with Crippen LogP contribution in [0.1, 0.15) is 15.6 Å². The summed E-state index contributed by atoms with van der Waals surface area (Å²) in [6.45, 7) is 2.09. The summed E-state index contributed by atoms with van der Waals surface area (Å²) in [4.78, 5) is 2.60. The third kappa shape index (κ3) is 1.50. The van der Waals surface area contributed by atoms with Gasteiger partial charge in [0.15, 0.2) is 5.82 Å². The highest BCUT2D eigenvalue weighted by Crippen LogP contribution is 2.16. The number of aromatic amines is 1. The van der Waals surface area contributed by atoms with Crippen LogP contribution in [0.5, 0.6) is 0 Å². The van der Waals surface area contributed by atoms with Gasteiger partial charge in [-0.1, -0.05) is 0 Å².